The van der Waals surface area contributed by atoms with Crippen molar-refractivity contribution in [2.45, 2.75) is 104 Å². The van der Waals surface area contributed by atoms with Gasteiger partial charge < -0.3 is 9.59 Å². The van der Waals surface area contributed by atoms with Gasteiger partial charge in [0.15, 0.2) is 0 Å². The molecule has 0 amide bonds. The molecule has 2 heteroatoms. The molecule has 0 heterocycles. The molecule has 1 aliphatic carbocycles. The van der Waals surface area contributed by atoms with Crippen molar-refractivity contribution in [2.24, 2.45) is 23.7 Å². The summed E-state index contributed by atoms with van der Waals surface area (Å²) < 4.78 is 0.984. The molecule has 1 N–H and O–H groups in total. The summed E-state index contributed by atoms with van der Waals surface area (Å²) in [5.41, 5.74) is 0. The summed E-state index contributed by atoms with van der Waals surface area (Å²) >= 11 is 0. The highest BCUT2D eigenvalue weighted by Gasteiger charge is 2.28. The first-order chi connectivity index (χ1) is 12.2. The zero-order valence-corrected chi connectivity index (χ0v) is 19.0. The molecule has 0 aromatic rings. The number of rotatable bonds is 13. The predicted molar refractivity (Wildman–Crippen MR) is 115 cm³/mol. The SMILES string of the molecule is CCC(O)C[N+](C)(C)CC1CCC(CCCC(C)CCCC(C)C)CC1. The highest BCUT2D eigenvalue weighted by molar-refractivity contribution is 4.73. The van der Waals surface area contributed by atoms with Crippen LogP contribution in [0.3, 0.4) is 0 Å². The third-order valence-electron chi connectivity index (χ3n) is 6.68. The van der Waals surface area contributed by atoms with Gasteiger partial charge in [-0.1, -0.05) is 66.2 Å². The van der Waals surface area contributed by atoms with Crippen LogP contribution in [0.25, 0.3) is 0 Å². The number of nitrogens with zero attached hydrogens (tertiary/aromatic N) is 1. The van der Waals surface area contributed by atoms with Crippen LogP contribution < -0.4 is 0 Å². The molecule has 1 rings (SSSR count). The number of hydrogen-bond acceptors (Lipinski definition) is 1. The monoisotopic (exact) mass is 368 g/mol. The van der Waals surface area contributed by atoms with Crippen molar-refractivity contribution < 1.29 is 9.59 Å². The van der Waals surface area contributed by atoms with Crippen LogP contribution in [0.5, 0.6) is 0 Å². The fourth-order valence-electron chi connectivity index (χ4n) is 4.95. The van der Waals surface area contributed by atoms with Crippen molar-refractivity contribution in [3.05, 3.63) is 0 Å². The summed E-state index contributed by atoms with van der Waals surface area (Å²) in [5.74, 6) is 3.66. The van der Waals surface area contributed by atoms with E-state index in [-0.39, 0.29) is 6.10 Å². The fourth-order valence-corrected chi connectivity index (χ4v) is 4.95. The smallest absolute Gasteiger partial charge is 0.105 e. The molecule has 2 atom stereocenters. The molecule has 0 radical (unpaired) electrons. The minimum absolute atomic E-state index is 0.135. The maximum absolute atomic E-state index is 9.97. The van der Waals surface area contributed by atoms with Crippen molar-refractivity contribution >= 4 is 0 Å². The second-order valence-corrected chi connectivity index (χ2v) is 10.6. The topological polar surface area (TPSA) is 20.2 Å². The highest BCUT2D eigenvalue weighted by Crippen LogP contribution is 2.33. The zero-order chi connectivity index (χ0) is 19.6. The van der Waals surface area contributed by atoms with Gasteiger partial charge >= 0.3 is 0 Å². The molecule has 156 valence electrons. The maximum atomic E-state index is 9.97. The van der Waals surface area contributed by atoms with Gasteiger partial charge in [-0.15, -0.1) is 0 Å². The van der Waals surface area contributed by atoms with Crippen LogP contribution >= 0.6 is 0 Å². The van der Waals surface area contributed by atoms with E-state index in [0.29, 0.717) is 0 Å². The normalized spacial score (nSPS) is 24.0. The van der Waals surface area contributed by atoms with E-state index in [4.69, 9.17) is 0 Å². The largest absolute Gasteiger partial charge is 0.387 e. The van der Waals surface area contributed by atoms with Crippen LogP contribution in [0.15, 0.2) is 0 Å². The van der Waals surface area contributed by atoms with E-state index in [1.807, 2.05) is 0 Å². The third-order valence-corrected chi connectivity index (χ3v) is 6.68. The molecule has 2 nitrogen and oxygen atoms in total. The van der Waals surface area contributed by atoms with Crippen molar-refractivity contribution in [1.82, 2.24) is 0 Å². The first kappa shape index (κ1) is 24.0. The summed E-state index contributed by atoms with van der Waals surface area (Å²) in [5, 5.41) is 9.97. The Balaban J connectivity index is 2.14. The van der Waals surface area contributed by atoms with Gasteiger partial charge in [-0.3, -0.25) is 0 Å². The molecule has 26 heavy (non-hydrogen) atoms. The summed E-state index contributed by atoms with van der Waals surface area (Å²) in [6, 6.07) is 0. The maximum Gasteiger partial charge on any atom is 0.105 e. The van der Waals surface area contributed by atoms with Gasteiger partial charge in [-0.05, 0) is 49.9 Å². The van der Waals surface area contributed by atoms with Crippen LogP contribution in [-0.4, -0.2) is 42.9 Å². The van der Waals surface area contributed by atoms with Gasteiger partial charge in [0.05, 0.1) is 20.6 Å². The molecule has 2 unspecified atom stereocenters. The van der Waals surface area contributed by atoms with Gasteiger partial charge in [-0.2, -0.15) is 0 Å². The number of hydrogen-bond donors (Lipinski definition) is 1. The number of aliphatic hydroxyl groups is 1. The van der Waals surface area contributed by atoms with E-state index in [2.05, 4.69) is 41.8 Å². The van der Waals surface area contributed by atoms with E-state index < -0.39 is 0 Å². The number of aliphatic hydroxyl groups excluding tert-OH is 1. The first-order valence-corrected chi connectivity index (χ1v) is 11.7. The van der Waals surface area contributed by atoms with E-state index in [9.17, 15) is 5.11 Å². The standard InChI is InChI=1S/C24H50NO/c1-7-24(26)19-25(5,6)18-23-16-14-22(15-17-23)13-9-12-21(4)11-8-10-20(2)3/h20-24,26H,7-19H2,1-6H3/q+1. The lowest BCUT2D eigenvalue weighted by Gasteiger charge is -2.37. The zero-order valence-electron chi connectivity index (χ0n) is 19.0. The average molecular weight is 369 g/mol. The Morgan fingerprint density at radius 3 is 2.04 bits per heavy atom. The lowest BCUT2D eigenvalue weighted by atomic mass is 9.79. The summed E-state index contributed by atoms with van der Waals surface area (Å²) in [6.45, 7) is 11.4. The fraction of sp³-hybridized carbons (Fsp3) is 1.00. The summed E-state index contributed by atoms with van der Waals surface area (Å²) in [4.78, 5) is 0. The number of quaternary nitrogens is 1. The average Bonchev–Trinajstić information content (AvgIpc) is 2.55. The Morgan fingerprint density at radius 2 is 1.46 bits per heavy atom. The quantitative estimate of drug-likeness (QED) is 0.380. The van der Waals surface area contributed by atoms with Crippen molar-refractivity contribution in [3.63, 3.8) is 0 Å². The third kappa shape index (κ3) is 10.9. The van der Waals surface area contributed by atoms with Crippen LogP contribution in [-0.2, 0) is 0 Å². The van der Waals surface area contributed by atoms with Crippen LogP contribution in [0, 0.1) is 23.7 Å². The predicted octanol–water partition coefficient (Wildman–Crippen LogP) is 6.27. The second kappa shape index (κ2) is 12.4. The molecule has 0 saturated heterocycles. The van der Waals surface area contributed by atoms with Gasteiger partial charge in [-0.25, -0.2) is 0 Å². The number of likely N-dealkylation sites (N-methyl/N-ethyl adjacent to an activating group) is 1. The lowest BCUT2D eigenvalue weighted by molar-refractivity contribution is -0.896. The molecule has 0 spiro atoms. The van der Waals surface area contributed by atoms with Gasteiger partial charge in [0.25, 0.3) is 0 Å². The molecule has 0 bridgehead atoms. The van der Waals surface area contributed by atoms with Crippen molar-refractivity contribution in [3.8, 4) is 0 Å². The molecule has 0 aromatic carbocycles. The van der Waals surface area contributed by atoms with Crippen LogP contribution in [0.1, 0.15) is 98.3 Å². The molecular weight excluding hydrogens is 318 g/mol. The van der Waals surface area contributed by atoms with Gasteiger partial charge in [0.2, 0.25) is 0 Å². The Morgan fingerprint density at radius 1 is 0.885 bits per heavy atom. The Hall–Kier alpha value is -0.0800. The van der Waals surface area contributed by atoms with E-state index in [0.717, 1.165) is 41.1 Å². The van der Waals surface area contributed by atoms with Gasteiger partial charge in [0, 0.05) is 5.92 Å². The van der Waals surface area contributed by atoms with Crippen LogP contribution in [0.4, 0.5) is 0 Å². The minimum Gasteiger partial charge on any atom is -0.387 e. The molecule has 0 aromatic heterocycles. The summed E-state index contributed by atoms with van der Waals surface area (Å²) in [6.07, 6.45) is 15.1. The minimum atomic E-state index is -0.135. The molecule has 1 aliphatic rings. The van der Waals surface area contributed by atoms with E-state index >= 15 is 0 Å². The molecular formula is C24H50NO+. The Kier molecular flexibility index (Phi) is 11.4. The second-order valence-electron chi connectivity index (χ2n) is 10.6. The summed E-state index contributed by atoms with van der Waals surface area (Å²) in [7, 11) is 4.59. The Labute approximate surface area is 165 Å². The van der Waals surface area contributed by atoms with Crippen LogP contribution in [0.2, 0.25) is 0 Å². The van der Waals surface area contributed by atoms with Gasteiger partial charge in [0.1, 0.15) is 12.6 Å². The lowest BCUT2D eigenvalue weighted by Crippen LogP contribution is -2.48. The van der Waals surface area contributed by atoms with E-state index in [1.54, 1.807) is 0 Å². The molecule has 0 aliphatic heterocycles. The van der Waals surface area contributed by atoms with Crippen molar-refractivity contribution in [2.75, 3.05) is 27.2 Å². The molecule has 1 saturated carbocycles. The van der Waals surface area contributed by atoms with E-state index in [1.165, 1.54) is 70.8 Å². The van der Waals surface area contributed by atoms with Crippen molar-refractivity contribution in [1.29, 1.82) is 0 Å². The highest BCUT2D eigenvalue weighted by atomic mass is 16.3. The first-order valence-electron chi connectivity index (χ1n) is 11.7. The Bertz CT molecular complexity index is 344. The molecule has 1 fully saturated rings.